The highest BCUT2D eigenvalue weighted by molar-refractivity contribution is 14.1. The maximum absolute atomic E-state index is 9.12. The Labute approximate surface area is 117 Å². The molecule has 1 N–H and O–H groups in total. The van der Waals surface area contributed by atoms with Crippen LogP contribution < -0.4 is 0 Å². The maximum Gasteiger partial charge on any atom is 0.155 e. The standard InChI is InChI=1S/C13H10IN3O/c14-11-3-4-15-13(6-11)17-12-2-1-9(8-18)5-10(12)7-16-17/h1-7,18H,8H2. The van der Waals surface area contributed by atoms with Crippen molar-refractivity contribution in [3.63, 3.8) is 0 Å². The molecule has 0 radical (unpaired) electrons. The van der Waals surface area contributed by atoms with E-state index in [4.69, 9.17) is 5.11 Å². The Hall–Kier alpha value is -1.47. The third-order valence-electron chi connectivity index (χ3n) is 2.74. The number of pyridine rings is 1. The molecular weight excluding hydrogens is 341 g/mol. The molecule has 1 aromatic carbocycles. The van der Waals surface area contributed by atoms with Gasteiger partial charge in [-0.05, 0) is 52.4 Å². The van der Waals surface area contributed by atoms with Crippen molar-refractivity contribution >= 4 is 33.5 Å². The highest BCUT2D eigenvalue weighted by atomic mass is 127. The number of hydrogen-bond donors (Lipinski definition) is 1. The first-order valence-corrected chi connectivity index (χ1v) is 6.55. The summed E-state index contributed by atoms with van der Waals surface area (Å²) in [4.78, 5) is 4.32. The summed E-state index contributed by atoms with van der Waals surface area (Å²) in [5.41, 5.74) is 1.87. The summed E-state index contributed by atoms with van der Waals surface area (Å²) in [7, 11) is 0. The van der Waals surface area contributed by atoms with Gasteiger partial charge in [-0.15, -0.1) is 0 Å². The average Bonchev–Trinajstić information content (AvgIpc) is 2.81. The molecule has 90 valence electrons. The number of hydrogen-bond acceptors (Lipinski definition) is 3. The van der Waals surface area contributed by atoms with Gasteiger partial charge in [0, 0.05) is 15.2 Å². The second-order valence-electron chi connectivity index (χ2n) is 3.94. The Balaban J connectivity index is 2.18. The molecule has 0 saturated heterocycles. The predicted molar refractivity (Wildman–Crippen MR) is 77.5 cm³/mol. The molecule has 0 bridgehead atoms. The predicted octanol–water partition coefficient (Wildman–Crippen LogP) is 2.52. The second-order valence-corrected chi connectivity index (χ2v) is 5.19. The molecule has 0 saturated carbocycles. The molecule has 0 spiro atoms. The Bertz CT molecular complexity index is 708. The molecule has 2 aromatic heterocycles. The van der Waals surface area contributed by atoms with Crippen LogP contribution in [0.15, 0.2) is 42.7 Å². The molecule has 0 aliphatic rings. The largest absolute Gasteiger partial charge is 0.392 e. The summed E-state index contributed by atoms with van der Waals surface area (Å²) in [5, 5.41) is 14.5. The van der Waals surface area contributed by atoms with Gasteiger partial charge in [-0.3, -0.25) is 0 Å². The van der Waals surface area contributed by atoms with E-state index in [-0.39, 0.29) is 6.61 Å². The zero-order chi connectivity index (χ0) is 12.5. The van der Waals surface area contributed by atoms with E-state index in [1.165, 1.54) is 0 Å². The summed E-state index contributed by atoms with van der Waals surface area (Å²) >= 11 is 2.25. The van der Waals surface area contributed by atoms with Crippen LogP contribution >= 0.6 is 22.6 Å². The number of aliphatic hydroxyl groups is 1. The van der Waals surface area contributed by atoms with E-state index in [0.717, 1.165) is 25.9 Å². The lowest BCUT2D eigenvalue weighted by Crippen LogP contribution is -1.99. The van der Waals surface area contributed by atoms with Gasteiger partial charge >= 0.3 is 0 Å². The monoisotopic (exact) mass is 351 g/mol. The highest BCUT2D eigenvalue weighted by Crippen LogP contribution is 2.19. The van der Waals surface area contributed by atoms with E-state index >= 15 is 0 Å². The van der Waals surface area contributed by atoms with Gasteiger partial charge < -0.3 is 5.11 Å². The lowest BCUT2D eigenvalue weighted by atomic mass is 10.2. The summed E-state index contributed by atoms with van der Waals surface area (Å²) in [6.45, 7) is 0.0443. The van der Waals surface area contributed by atoms with Crippen LogP contribution in [0, 0.1) is 3.57 Å². The molecule has 0 atom stereocenters. The fraction of sp³-hybridized carbons (Fsp3) is 0.0769. The second kappa shape index (κ2) is 4.66. The summed E-state index contributed by atoms with van der Waals surface area (Å²) in [6.07, 6.45) is 3.56. The molecule has 0 amide bonds. The number of aromatic nitrogens is 3. The normalized spacial score (nSPS) is 11.0. The third kappa shape index (κ3) is 1.99. The Kier molecular flexibility index (Phi) is 3.00. The van der Waals surface area contributed by atoms with Crippen LogP contribution in [0.2, 0.25) is 0 Å². The van der Waals surface area contributed by atoms with Crippen molar-refractivity contribution in [2.45, 2.75) is 6.61 Å². The van der Waals surface area contributed by atoms with Gasteiger partial charge in [0.05, 0.1) is 18.3 Å². The number of aliphatic hydroxyl groups excluding tert-OH is 1. The molecule has 18 heavy (non-hydrogen) atoms. The molecular formula is C13H10IN3O. The van der Waals surface area contributed by atoms with Crippen molar-refractivity contribution in [1.82, 2.24) is 14.8 Å². The number of halogens is 1. The van der Waals surface area contributed by atoms with Gasteiger partial charge in [-0.25, -0.2) is 9.67 Å². The number of benzene rings is 1. The first-order valence-electron chi connectivity index (χ1n) is 5.47. The minimum atomic E-state index is 0.0443. The van der Waals surface area contributed by atoms with Crippen LogP contribution in [-0.4, -0.2) is 19.9 Å². The van der Waals surface area contributed by atoms with Gasteiger partial charge in [0.2, 0.25) is 0 Å². The van der Waals surface area contributed by atoms with Crippen LogP contribution in [-0.2, 0) is 6.61 Å². The van der Waals surface area contributed by atoms with Crippen molar-refractivity contribution in [2.75, 3.05) is 0 Å². The molecule has 2 heterocycles. The fourth-order valence-corrected chi connectivity index (χ4v) is 2.31. The third-order valence-corrected chi connectivity index (χ3v) is 3.41. The van der Waals surface area contributed by atoms with Gasteiger partial charge in [-0.2, -0.15) is 5.10 Å². The van der Waals surface area contributed by atoms with Crippen molar-refractivity contribution in [1.29, 1.82) is 0 Å². The topological polar surface area (TPSA) is 50.9 Å². The quantitative estimate of drug-likeness (QED) is 0.722. The van der Waals surface area contributed by atoms with Crippen molar-refractivity contribution in [3.8, 4) is 5.82 Å². The molecule has 5 heteroatoms. The Morgan fingerprint density at radius 2 is 2.11 bits per heavy atom. The number of fused-ring (bicyclic) bond motifs is 1. The van der Waals surface area contributed by atoms with Crippen LogP contribution in [0.4, 0.5) is 0 Å². The Morgan fingerprint density at radius 1 is 1.22 bits per heavy atom. The summed E-state index contributed by atoms with van der Waals surface area (Å²) < 4.78 is 2.92. The Morgan fingerprint density at radius 3 is 2.89 bits per heavy atom. The summed E-state index contributed by atoms with van der Waals surface area (Å²) in [5.74, 6) is 0.800. The minimum Gasteiger partial charge on any atom is -0.392 e. The van der Waals surface area contributed by atoms with Crippen molar-refractivity contribution < 1.29 is 5.11 Å². The van der Waals surface area contributed by atoms with E-state index in [2.05, 4.69) is 32.7 Å². The van der Waals surface area contributed by atoms with Crippen LogP contribution in [0.3, 0.4) is 0 Å². The zero-order valence-electron chi connectivity index (χ0n) is 9.42. The summed E-state index contributed by atoms with van der Waals surface area (Å²) in [6, 6.07) is 9.71. The molecule has 0 fully saturated rings. The number of rotatable bonds is 2. The molecule has 4 nitrogen and oxygen atoms in total. The fourth-order valence-electron chi connectivity index (χ4n) is 1.87. The van der Waals surface area contributed by atoms with Gasteiger partial charge in [0.15, 0.2) is 5.82 Å². The van der Waals surface area contributed by atoms with Gasteiger partial charge in [0.25, 0.3) is 0 Å². The van der Waals surface area contributed by atoms with Crippen LogP contribution in [0.25, 0.3) is 16.7 Å². The van der Waals surface area contributed by atoms with E-state index in [1.807, 2.05) is 30.3 Å². The van der Waals surface area contributed by atoms with E-state index in [0.29, 0.717) is 0 Å². The van der Waals surface area contributed by atoms with Crippen molar-refractivity contribution in [3.05, 3.63) is 51.9 Å². The highest BCUT2D eigenvalue weighted by Gasteiger charge is 2.06. The lowest BCUT2D eigenvalue weighted by molar-refractivity contribution is 0.282. The molecule has 3 aromatic rings. The first-order chi connectivity index (χ1) is 8.78. The number of nitrogens with zero attached hydrogens (tertiary/aromatic N) is 3. The van der Waals surface area contributed by atoms with Crippen molar-refractivity contribution in [2.24, 2.45) is 0 Å². The zero-order valence-corrected chi connectivity index (χ0v) is 11.6. The molecule has 0 aliphatic heterocycles. The minimum absolute atomic E-state index is 0.0443. The van der Waals surface area contributed by atoms with E-state index in [9.17, 15) is 0 Å². The SMILES string of the molecule is OCc1ccc2c(cnn2-c2cc(I)ccn2)c1. The van der Waals surface area contributed by atoms with Gasteiger partial charge in [-0.1, -0.05) is 6.07 Å². The van der Waals surface area contributed by atoms with Crippen LogP contribution in [0.5, 0.6) is 0 Å². The molecule has 0 unspecified atom stereocenters. The molecule has 3 rings (SSSR count). The van der Waals surface area contributed by atoms with E-state index < -0.39 is 0 Å². The van der Waals surface area contributed by atoms with Crippen LogP contribution in [0.1, 0.15) is 5.56 Å². The first kappa shape index (κ1) is 11.6. The maximum atomic E-state index is 9.12. The average molecular weight is 351 g/mol. The lowest BCUT2D eigenvalue weighted by Gasteiger charge is -2.03. The van der Waals surface area contributed by atoms with Gasteiger partial charge in [0.1, 0.15) is 0 Å². The molecule has 0 aliphatic carbocycles. The van der Waals surface area contributed by atoms with E-state index in [1.54, 1.807) is 17.1 Å². The smallest absolute Gasteiger partial charge is 0.155 e.